The number of aliphatic hydroxyl groups is 1. The molecule has 1 fully saturated rings. The minimum atomic E-state index is -0.919. The van der Waals surface area contributed by atoms with Gasteiger partial charge in [-0.2, -0.15) is 11.8 Å². The molecule has 1 amide bonds. The Morgan fingerprint density at radius 2 is 2.05 bits per heavy atom. The van der Waals surface area contributed by atoms with Gasteiger partial charge in [-0.25, -0.2) is 0 Å². The van der Waals surface area contributed by atoms with E-state index >= 15 is 0 Å². The summed E-state index contributed by atoms with van der Waals surface area (Å²) in [6, 6.07) is 7.41. The maximum atomic E-state index is 12.3. The van der Waals surface area contributed by atoms with Gasteiger partial charge in [0.2, 0.25) is 5.91 Å². The van der Waals surface area contributed by atoms with Crippen LogP contribution in [0.5, 0.6) is 0 Å². The third kappa shape index (κ3) is 3.74. The molecule has 5 heteroatoms. The number of thioether (sulfide) groups is 1. The number of rotatable bonds is 4. The maximum absolute atomic E-state index is 12.3. The van der Waals surface area contributed by atoms with Crippen molar-refractivity contribution in [2.45, 2.75) is 25.4 Å². The van der Waals surface area contributed by atoms with Crippen LogP contribution in [0.25, 0.3) is 0 Å². The molecule has 0 unspecified atom stereocenters. The average Bonchev–Trinajstić information content (AvgIpc) is 2.48. The van der Waals surface area contributed by atoms with Gasteiger partial charge in [-0.15, -0.1) is 0 Å². The minimum absolute atomic E-state index is 0.0338. The quantitative estimate of drug-likeness (QED) is 0.923. The Morgan fingerprint density at radius 3 is 2.62 bits per heavy atom. The highest BCUT2D eigenvalue weighted by atomic mass is 35.5. The van der Waals surface area contributed by atoms with Crippen LogP contribution in [0, 0.1) is 5.92 Å². The molecule has 2 rings (SSSR count). The Bertz CT molecular complexity index is 501. The molecule has 1 aromatic rings. The van der Waals surface area contributed by atoms with Crippen molar-refractivity contribution in [3.8, 4) is 0 Å². The number of benzene rings is 1. The molecule has 116 valence electrons. The van der Waals surface area contributed by atoms with Gasteiger partial charge in [0.15, 0.2) is 0 Å². The zero-order valence-corrected chi connectivity index (χ0v) is 14.1. The normalized spacial score (nSPS) is 19.3. The van der Waals surface area contributed by atoms with Crippen molar-refractivity contribution < 1.29 is 9.90 Å². The topological polar surface area (TPSA) is 40.5 Å². The highest BCUT2D eigenvalue weighted by Crippen LogP contribution is 2.36. The lowest BCUT2D eigenvalue weighted by Gasteiger charge is -2.39. The van der Waals surface area contributed by atoms with Gasteiger partial charge in [-0.3, -0.25) is 4.79 Å². The fourth-order valence-corrected chi connectivity index (χ4v) is 3.79. The molecule has 1 heterocycles. The summed E-state index contributed by atoms with van der Waals surface area (Å²) in [5, 5.41) is 11.4. The van der Waals surface area contributed by atoms with Gasteiger partial charge in [-0.1, -0.05) is 36.7 Å². The summed E-state index contributed by atoms with van der Waals surface area (Å²) < 4.78 is 0. The third-order valence-electron chi connectivity index (χ3n) is 4.12. The van der Waals surface area contributed by atoms with Crippen LogP contribution in [0.3, 0.4) is 0 Å². The van der Waals surface area contributed by atoms with Crippen molar-refractivity contribution in [3.05, 3.63) is 34.9 Å². The van der Waals surface area contributed by atoms with Crippen LogP contribution in [0.15, 0.2) is 24.3 Å². The summed E-state index contributed by atoms with van der Waals surface area (Å²) >= 11 is 7.88. The van der Waals surface area contributed by atoms with E-state index in [0.717, 1.165) is 11.3 Å². The molecule has 0 saturated carbocycles. The van der Waals surface area contributed by atoms with E-state index in [2.05, 4.69) is 0 Å². The second-order valence-corrected chi connectivity index (χ2v) is 7.01. The molecule has 21 heavy (non-hydrogen) atoms. The predicted octanol–water partition coefficient (Wildman–Crippen LogP) is 3.15. The van der Waals surface area contributed by atoms with Crippen LogP contribution < -0.4 is 0 Å². The van der Waals surface area contributed by atoms with E-state index in [0.29, 0.717) is 31.0 Å². The summed E-state index contributed by atoms with van der Waals surface area (Å²) in [5.74, 6) is 1.06. The van der Waals surface area contributed by atoms with Crippen molar-refractivity contribution in [1.82, 2.24) is 4.90 Å². The first-order valence-electron chi connectivity index (χ1n) is 7.23. The van der Waals surface area contributed by atoms with Crippen LogP contribution in [-0.2, 0) is 10.4 Å². The number of carbonyl (C=O) groups is 1. The lowest BCUT2D eigenvalue weighted by Crippen LogP contribution is -2.47. The molecule has 3 nitrogen and oxygen atoms in total. The van der Waals surface area contributed by atoms with Crippen molar-refractivity contribution in [2.24, 2.45) is 5.92 Å². The summed E-state index contributed by atoms with van der Waals surface area (Å²) in [7, 11) is 0. The molecule has 1 N–H and O–H groups in total. The van der Waals surface area contributed by atoms with E-state index in [1.807, 2.05) is 36.3 Å². The number of piperidine rings is 1. The molecule has 0 aliphatic carbocycles. The zero-order chi connectivity index (χ0) is 15.5. The average molecular weight is 328 g/mol. The summed E-state index contributed by atoms with van der Waals surface area (Å²) in [6.07, 6.45) is 3.08. The highest BCUT2D eigenvalue weighted by molar-refractivity contribution is 7.98. The minimum Gasteiger partial charge on any atom is -0.385 e. The molecule has 1 aromatic carbocycles. The largest absolute Gasteiger partial charge is 0.385 e. The van der Waals surface area contributed by atoms with Crippen molar-refractivity contribution in [3.63, 3.8) is 0 Å². The Hall–Kier alpha value is -0.710. The monoisotopic (exact) mass is 327 g/mol. The number of carbonyl (C=O) groups excluding carboxylic acids is 1. The Kier molecular flexibility index (Phi) is 5.58. The van der Waals surface area contributed by atoms with Crippen LogP contribution in [-0.4, -0.2) is 41.0 Å². The fraction of sp³-hybridized carbons (Fsp3) is 0.562. The van der Waals surface area contributed by atoms with Gasteiger partial charge in [0.25, 0.3) is 0 Å². The van der Waals surface area contributed by atoms with Gasteiger partial charge in [0.1, 0.15) is 0 Å². The number of amides is 1. The second kappa shape index (κ2) is 7.03. The molecule has 1 aliphatic rings. The third-order valence-corrected chi connectivity index (χ3v) is 5.28. The van der Waals surface area contributed by atoms with Crippen LogP contribution in [0.4, 0.5) is 0 Å². The number of likely N-dealkylation sites (tertiary alicyclic amines) is 1. The van der Waals surface area contributed by atoms with E-state index in [4.69, 9.17) is 11.6 Å². The first-order chi connectivity index (χ1) is 9.98. The summed E-state index contributed by atoms with van der Waals surface area (Å²) in [5.41, 5.74) is -0.145. The lowest BCUT2D eigenvalue weighted by molar-refractivity contribution is -0.138. The Balaban J connectivity index is 2.03. The van der Waals surface area contributed by atoms with Gasteiger partial charge in [0, 0.05) is 35.3 Å². The number of hydrogen-bond donors (Lipinski definition) is 1. The SMILES string of the molecule is CSC[C@H](C)C(=O)N1CCC(O)(c2ccccc2Cl)CC1. The van der Waals surface area contributed by atoms with E-state index in [1.54, 1.807) is 17.8 Å². The molecular formula is C16H22ClNO2S. The Labute approximate surface area is 135 Å². The predicted molar refractivity (Wildman–Crippen MR) is 88.7 cm³/mol. The van der Waals surface area contributed by atoms with Crippen molar-refractivity contribution in [2.75, 3.05) is 25.1 Å². The summed E-state index contributed by atoms with van der Waals surface area (Å²) in [6.45, 7) is 3.13. The van der Waals surface area contributed by atoms with Gasteiger partial charge in [-0.05, 0) is 25.2 Å². The van der Waals surface area contributed by atoms with Gasteiger partial charge in [0.05, 0.1) is 5.60 Å². The molecule has 0 spiro atoms. The van der Waals surface area contributed by atoms with Gasteiger partial charge >= 0.3 is 0 Å². The van der Waals surface area contributed by atoms with E-state index in [1.165, 1.54) is 0 Å². The standard InChI is InChI=1S/C16H22ClNO2S/c1-12(11-21-2)15(19)18-9-7-16(20,8-10-18)13-5-3-4-6-14(13)17/h3-6,12,20H,7-11H2,1-2H3/t12-/m0/s1. The van der Waals surface area contributed by atoms with E-state index in [-0.39, 0.29) is 11.8 Å². The molecule has 0 radical (unpaired) electrons. The number of nitrogens with zero attached hydrogens (tertiary/aromatic N) is 1. The first-order valence-corrected chi connectivity index (χ1v) is 9.00. The lowest BCUT2D eigenvalue weighted by atomic mass is 9.84. The highest BCUT2D eigenvalue weighted by Gasteiger charge is 2.37. The van der Waals surface area contributed by atoms with E-state index in [9.17, 15) is 9.90 Å². The smallest absolute Gasteiger partial charge is 0.226 e. The molecule has 1 atom stereocenters. The molecule has 1 aliphatic heterocycles. The molecule has 0 bridgehead atoms. The van der Waals surface area contributed by atoms with E-state index < -0.39 is 5.60 Å². The maximum Gasteiger partial charge on any atom is 0.226 e. The van der Waals surface area contributed by atoms with Gasteiger partial charge < -0.3 is 10.0 Å². The zero-order valence-electron chi connectivity index (χ0n) is 12.5. The summed E-state index contributed by atoms with van der Waals surface area (Å²) in [4.78, 5) is 14.2. The second-order valence-electron chi connectivity index (χ2n) is 5.69. The van der Waals surface area contributed by atoms with Crippen molar-refractivity contribution >= 4 is 29.3 Å². The molecule has 1 saturated heterocycles. The van der Waals surface area contributed by atoms with Crippen molar-refractivity contribution in [1.29, 1.82) is 0 Å². The Morgan fingerprint density at radius 1 is 1.43 bits per heavy atom. The van der Waals surface area contributed by atoms with Crippen LogP contribution in [0.1, 0.15) is 25.3 Å². The van der Waals surface area contributed by atoms with Crippen LogP contribution in [0.2, 0.25) is 5.02 Å². The number of halogens is 1. The number of hydrogen-bond acceptors (Lipinski definition) is 3. The van der Waals surface area contributed by atoms with Crippen LogP contribution >= 0.6 is 23.4 Å². The molecular weight excluding hydrogens is 306 g/mol. The molecule has 0 aromatic heterocycles. The first kappa shape index (κ1) is 16.7. The fourth-order valence-electron chi connectivity index (χ4n) is 2.84.